The van der Waals surface area contributed by atoms with Crippen LogP contribution in [0.1, 0.15) is 37.9 Å². The number of carbonyl (C=O) groups is 1. The lowest BCUT2D eigenvalue weighted by atomic mass is 10.00. The third-order valence-electron chi connectivity index (χ3n) is 3.75. The van der Waals surface area contributed by atoms with E-state index in [9.17, 15) is 4.79 Å². The number of nitrogens with one attached hydrogen (secondary N) is 3. The van der Waals surface area contributed by atoms with E-state index in [0.29, 0.717) is 25.0 Å². The summed E-state index contributed by atoms with van der Waals surface area (Å²) >= 11 is 0. The maximum Gasteiger partial charge on any atom is 0.239 e. The summed E-state index contributed by atoms with van der Waals surface area (Å²) in [6, 6.07) is 8.72. The molecule has 3 N–H and O–H groups in total. The van der Waals surface area contributed by atoms with Crippen molar-refractivity contribution in [3.05, 3.63) is 35.4 Å². The standard InChI is InChI=1S/C19H32N4O2/c1-14(2)12-16-6-8-17(9-7-16)15(3)23-19(20-4)22-13-18(24)21-10-11-25-5/h6-9,14-15H,10-13H2,1-5H3,(H,21,24)(H2,20,22,23). The zero-order valence-electron chi connectivity index (χ0n) is 16.1. The highest BCUT2D eigenvalue weighted by Gasteiger charge is 2.09. The van der Waals surface area contributed by atoms with Gasteiger partial charge >= 0.3 is 0 Å². The summed E-state index contributed by atoms with van der Waals surface area (Å²) < 4.78 is 4.90. The molecule has 1 atom stereocenters. The zero-order chi connectivity index (χ0) is 18.7. The summed E-state index contributed by atoms with van der Waals surface area (Å²) in [6.07, 6.45) is 1.09. The Morgan fingerprint density at radius 1 is 1.16 bits per heavy atom. The van der Waals surface area contributed by atoms with E-state index in [0.717, 1.165) is 6.42 Å². The first-order valence-corrected chi connectivity index (χ1v) is 8.78. The van der Waals surface area contributed by atoms with Gasteiger partial charge in [0, 0.05) is 20.7 Å². The minimum atomic E-state index is -0.0920. The van der Waals surface area contributed by atoms with Crippen molar-refractivity contribution >= 4 is 11.9 Å². The Kier molecular flexibility index (Phi) is 9.62. The SMILES string of the molecule is CN=C(NCC(=O)NCCOC)NC(C)c1ccc(CC(C)C)cc1. The fourth-order valence-corrected chi connectivity index (χ4v) is 2.42. The molecule has 0 radical (unpaired) electrons. The van der Waals surface area contributed by atoms with Crippen LogP contribution in [-0.2, 0) is 16.0 Å². The Labute approximate surface area is 151 Å². The van der Waals surface area contributed by atoms with Gasteiger partial charge in [-0.05, 0) is 30.4 Å². The summed E-state index contributed by atoms with van der Waals surface area (Å²) in [7, 11) is 3.30. The number of rotatable bonds is 9. The second-order valence-corrected chi connectivity index (χ2v) is 6.47. The number of hydrogen-bond donors (Lipinski definition) is 3. The number of aliphatic imine (C=N–C) groups is 1. The molecule has 0 aliphatic rings. The molecule has 0 spiro atoms. The Balaban J connectivity index is 2.47. The number of benzene rings is 1. The number of carbonyl (C=O) groups excluding carboxylic acids is 1. The first-order valence-electron chi connectivity index (χ1n) is 8.78. The van der Waals surface area contributed by atoms with E-state index < -0.39 is 0 Å². The predicted octanol–water partition coefficient (Wildman–Crippen LogP) is 1.87. The predicted molar refractivity (Wildman–Crippen MR) is 103 cm³/mol. The Bertz CT molecular complexity index is 541. The van der Waals surface area contributed by atoms with Gasteiger partial charge in [-0.3, -0.25) is 9.79 Å². The van der Waals surface area contributed by atoms with Crippen LogP contribution in [0.5, 0.6) is 0 Å². The first-order chi connectivity index (χ1) is 12.0. The molecular weight excluding hydrogens is 316 g/mol. The third-order valence-corrected chi connectivity index (χ3v) is 3.75. The summed E-state index contributed by atoms with van der Waals surface area (Å²) in [5.74, 6) is 1.16. The van der Waals surface area contributed by atoms with Crippen molar-refractivity contribution in [1.82, 2.24) is 16.0 Å². The molecule has 25 heavy (non-hydrogen) atoms. The second-order valence-electron chi connectivity index (χ2n) is 6.47. The molecule has 1 unspecified atom stereocenters. The van der Waals surface area contributed by atoms with Crippen molar-refractivity contribution in [3.63, 3.8) is 0 Å². The molecule has 140 valence electrons. The van der Waals surface area contributed by atoms with Gasteiger partial charge in [0.25, 0.3) is 0 Å². The summed E-state index contributed by atoms with van der Waals surface area (Å²) in [6.45, 7) is 7.69. The molecule has 0 aliphatic heterocycles. The maximum absolute atomic E-state index is 11.7. The zero-order valence-corrected chi connectivity index (χ0v) is 16.1. The highest BCUT2D eigenvalue weighted by molar-refractivity contribution is 5.86. The number of methoxy groups -OCH3 is 1. The van der Waals surface area contributed by atoms with E-state index in [1.54, 1.807) is 14.2 Å². The van der Waals surface area contributed by atoms with Gasteiger partial charge in [-0.2, -0.15) is 0 Å². The lowest BCUT2D eigenvalue weighted by Gasteiger charge is -2.18. The van der Waals surface area contributed by atoms with E-state index in [4.69, 9.17) is 4.74 Å². The minimum Gasteiger partial charge on any atom is -0.383 e. The molecule has 0 bridgehead atoms. The molecule has 0 saturated heterocycles. The molecule has 1 rings (SSSR count). The molecule has 0 aromatic heterocycles. The highest BCUT2D eigenvalue weighted by atomic mass is 16.5. The Hall–Kier alpha value is -2.08. The normalized spacial score (nSPS) is 12.8. The van der Waals surface area contributed by atoms with E-state index in [1.165, 1.54) is 11.1 Å². The van der Waals surface area contributed by atoms with Gasteiger partial charge in [-0.1, -0.05) is 38.1 Å². The average molecular weight is 348 g/mol. The fraction of sp³-hybridized carbons (Fsp3) is 0.579. The molecule has 0 heterocycles. The summed E-state index contributed by atoms with van der Waals surface area (Å²) in [5, 5.41) is 9.08. The summed E-state index contributed by atoms with van der Waals surface area (Å²) in [5.41, 5.74) is 2.53. The topological polar surface area (TPSA) is 74.8 Å². The minimum absolute atomic E-state index is 0.0920. The van der Waals surface area contributed by atoms with Crippen LogP contribution in [0.2, 0.25) is 0 Å². The van der Waals surface area contributed by atoms with Crippen molar-refractivity contribution in [2.75, 3.05) is 33.9 Å². The molecule has 6 nitrogen and oxygen atoms in total. The van der Waals surface area contributed by atoms with Gasteiger partial charge < -0.3 is 20.7 Å². The average Bonchev–Trinajstić information content (AvgIpc) is 2.58. The first kappa shape index (κ1) is 21.0. The molecule has 0 aliphatic carbocycles. The van der Waals surface area contributed by atoms with Gasteiger partial charge in [0.2, 0.25) is 5.91 Å². The van der Waals surface area contributed by atoms with E-state index >= 15 is 0 Å². The number of ether oxygens (including phenoxy) is 1. The van der Waals surface area contributed by atoms with E-state index in [1.807, 2.05) is 0 Å². The van der Waals surface area contributed by atoms with Crippen molar-refractivity contribution in [2.45, 2.75) is 33.2 Å². The van der Waals surface area contributed by atoms with Crippen molar-refractivity contribution in [2.24, 2.45) is 10.9 Å². The van der Waals surface area contributed by atoms with Crippen LogP contribution >= 0.6 is 0 Å². The quantitative estimate of drug-likeness (QED) is 0.362. The molecule has 1 aromatic carbocycles. The molecule has 6 heteroatoms. The molecule has 1 aromatic rings. The maximum atomic E-state index is 11.7. The second kappa shape index (κ2) is 11.5. The highest BCUT2D eigenvalue weighted by Crippen LogP contribution is 2.15. The fourth-order valence-electron chi connectivity index (χ4n) is 2.42. The van der Waals surface area contributed by atoms with Crippen LogP contribution in [0.15, 0.2) is 29.3 Å². The molecular formula is C19H32N4O2. The molecule has 0 fully saturated rings. The number of amides is 1. The van der Waals surface area contributed by atoms with Crippen LogP contribution < -0.4 is 16.0 Å². The van der Waals surface area contributed by atoms with Gasteiger partial charge in [0.15, 0.2) is 5.96 Å². The smallest absolute Gasteiger partial charge is 0.239 e. The number of nitrogens with zero attached hydrogens (tertiary/aromatic N) is 1. The van der Waals surface area contributed by atoms with Crippen molar-refractivity contribution < 1.29 is 9.53 Å². The van der Waals surface area contributed by atoms with Crippen molar-refractivity contribution in [3.8, 4) is 0 Å². The van der Waals surface area contributed by atoms with E-state index in [-0.39, 0.29) is 18.5 Å². The Morgan fingerprint density at radius 3 is 2.40 bits per heavy atom. The lowest BCUT2D eigenvalue weighted by Crippen LogP contribution is -2.44. The van der Waals surface area contributed by atoms with Crippen LogP contribution in [-0.4, -0.2) is 45.7 Å². The van der Waals surface area contributed by atoms with Crippen LogP contribution in [0.3, 0.4) is 0 Å². The number of guanidine groups is 1. The largest absolute Gasteiger partial charge is 0.383 e. The van der Waals surface area contributed by atoms with Crippen LogP contribution in [0.25, 0.3) is 0 Å². The van der Waals surface area contributed by atoms with Crippen LogP contribution in [0.4, 0.5) is 0 Å². The lowest BCUT2D eigenvalue weighted by molar-refractivity contribution is -0.120. The molecule has 0 saturated carbocycles. The third kappa shape index (κ3) is 8.54. The van der Waals surface area contributed by atoms with Gasteiger partial charge in [0.05, 0.1) is 19.2 Å². The number of hydrogen-bond acceptors (Lipinski definition) is 3. The Morgan fingerprint density at radius 2 is 1.84 bits per heavy atom. The molecule has 1 amide bonds. The summed E-state index contributed by atoms with van der Waals surface area (Å²) in [4.78, 5) is 15.9. The van der Waals surface area contributed by atoms with Crippen molar-refractivity contribution in [1.29, 1.82) is 0 Å². The van der Waals surface area contributed by atoms with Crippen LogP contribution in [0, 0.1) is 5.92 Å². The van der Waals surface area contributed by atoms with E-state index in [2.05, 4.69) is 66.0 Å². The van der Waals surface area contributed by atoms with Gasteiger partial charge in [-0.15, -0.1) is 0 Å². The van der Waals surface area contributed by atoms with Gasteiger partial charge in [0.1, 0.15) is 0 Å². The van der Waals surface area contributed by atoms with Gasteiger partial charge in [-0.25, -0.2) is 0 Å². The monoisotopic (exact) mass is 348 g/mol.